The molecule has 1 atom stereocenters. The molecule has 0 saturated heterocycles. The summed E-state index contributed by atoms with van der Waals surface area (Å²) in [7, 11) is 0. The Morgan fingerprint density at radius 3 is 2.94 bits per heavy atom. The Bertz CT molecular complexity index is 537. The van der Waals surface area contributed by atoms with Gasteiger partial charge in [0.25, 0.3) is 0 Å². The van der Waals surface area contributed by atoms with Gasteiger partial charge in [-0.05, 0) is 19.9 Å². The maximum absolute atomic E-state index is 5.95. The fraction of sp³-hybridized carbons (Fsp3) is 0.385. The molecular formula is C13H15N3O2. The van der Waals surface area contributed by atoms with Gasteiger partial charge in [0.05, 0.1) is 12.6 Å². The van der Waals surface area contributed by atoms with Crippen LogP contribution in [0.1, 0.15) is 31.3 Å². The smallest absolute Gasteiger partial charge is 0.213 e. The van der Waals surface area contributed by atoms with E-state index in [-0.39, 0.29) is 11.6 Å². The lowest BCUT2D eigenvalue weighted by atomic mass is 9.94. The highest BCUT2D eigenvalue weighted by Crippen LogP contribution is 2.42. The Morgan fingerprint density at radius 1 is 1.33 bits per heavy atom. The van der Waals surface area contributed by atoms with E-state index in [9.17, 15) is 0 Å². The first-order chi connectivity index (χ1) is 8.67. The van der Waals surface area contributed by atoms with E-state index in [1.807, 2.05) is 18.2 Å². The summed E-state index contributed by atoms with van der Waals surface area (Å²) in [6, 6.07) is 8.20. The molecule has 1 N–H and O–H groups in total. The molecule has 0 saturated carbocycles. The molecule has 0 amide bonds. The number of aromatic nitrogens is 2. The van der Waals surface area contributed by atoms with Crippen LogP contribution in [0.4, 0.5) is 0 Å². The number of nitrogens with one attached hydrogen (secondary N) is 1. The van der Waals surface area contributed by atoms with Crippen LogP contribution in [0, 0.1) is 0 Å². The maximum atomic E-state index is 5.95. The van der Waals surface area contributed by atoms with Crippen molar-refractivity contribution in [1.29, 1.82) is 0 Å². The second kappa shape index (κ2) is 4.10. The van der Waals surface area contributed by atoms with Gasteiger partial charge in [-0.25, -0.2) is 0 Å². The van der Waals surface area contributed by atoms with Gasteiger partial charge in [-0.3, -0.25) is 5.32 Å². The lowest BCUT2D eigenvalue weighted by Gasteiger charge is -2.26. The van der Waals surface area contributed by atoms with Crippen molar-refractivity contribution < 1.29 is 9.26 Å². The van der Waals surface area contributed by atoms with Crippen LogP contribution in [0.5, 0.6) is 5.75 Å². The lowest BCUT2D eigenvalue weighted by Crippen LogP contribution is -2.39. The van der Waals surface area contributed by atoms with Crippen molar-refractivity contribution >= 4 is 0 Å². The highest BCUT2D eigenvalue weighted by atomic mass is 16.5. The molecule has 0 spiro atoms. The molecule has 5 heteroatoms. The first kappa shape index (κ1) is 11.2. The Morgan fingerprint density at radius 2 is 2.17 bits per heavy atom. The van der Waals surface area contributed by atoms with Crippen LogP contribution >= 0.6 is 0 Å². The van der Waals surface area contributed by atoms with Crippen molar-refractivity contribution in [2.24, 2.45) is 0 Å². The highest BCUT2D eigenvalue weighted by Gasteiger charge is 2.40. The average Bonchev–Trinajstić information content (AvgIpc) is 2.91. The average molecular weight is 245 g/mol. The van der Waals surface area contributed by atoms with E-state index in [0.717, 1.165) is 5.75 Å². The summed E-state index contributed by atoms with van der Waals surface area (Å²) < 4.78 is 10.7. The maximum Gasteiger partial charge on any atom is 0.213 e. The summed E-state index contributed by atoms with van der Waals surface area (Å²) in [5.41, 5.74) is 0.888. The van der Waals surface area contributed by atoms with Gasteiger partial charge in [-0.1, -0.05) is 23.4 Å². The van der Waals surface area contributed by atoms with Crippen molar-refractivity contribution in [3.8, 4) is 5.75 Å². The summed E-state index contributed by atoms with van der Waals surface area (Å²) in [6.07, 6.45) is 1.33. The van der Waals surface area contributed by atoms with E-state index in [0.29, 0.717) is 12.4 Å². The molecule has 0 aliphatic carbocycles. The van der Waals surface area contributed by atoms with Gasteiger partial charge in [0.15, 0.2) is 5.82 Å². The van der Waals surface area contributed by atoms with Gasteiger partial charge in [0.2, 0.25) is 6.39 Å². The van der Waals surface area contributed by atoms with Crippen LogP contribution in [-0.4, -0.2) is 15.7 Å². The van der Waals surface area contributed by atoms with Crippen molar-refractivity contribution in [2.45, 2.75) is 32.0 Å². The monoisotopic (exact) mass is 245 g/mol. The van der Waals surface area contributed by atoms with Gasteiger partial charge in [-0.2, -0.15) is 4.98 Å². The fourth-order valence-electron chi connectivity index (χ4n) is 2.35. The summed E-state index contributed by atoms with van der Waals surface area (Å²) in [6.45, 7) is 4.70. The SMILES string of the molecule is CC1(C)Oc2ccccc2C1NCc1ncon1. The van der Waals surface area contributed by atoms with Gasteiger partial charge in [0, 0.05) is 5.56 Å². The number of rotatable bonds is 3. The van der Waals surface area contributed by atoms with Crippen LogP contribution < -0.4 is 10.1 Å². The van der Waals surface area contributed by atoms with Crippen LogP contribution in [0.3, 0.4) is 0 Å². The van der Waals surface area contributed by atoms with Gasteiger partial charge in [-0.15, -0.1) is 0 Å². The standard InChI is InChI=1S/C13H15N3O2/c1-13(2)12(14-7-11-15-8-17-16-11)9-5-3-4-6-10(9)18-13/h3-6,8,12,14H,7H2,1-2H3. The second-order valence-electron chi connectivity index (χ2n) is 4.90. The Kier molecular flexibility index (Phi) is 2.56. The Hall–Kier alpha value is -1.88. The molecule has 1 aliphatic heterocycles. The molecule has 0 bridgehead atoms. The predicted octanol–water partition coefficient (Wildman–Crippen LogP) is 2.07. The molecular weight excluding hydrogens is 230 g/mol. The fourth-order valence-corrected chi connectivity index (χ4v) is 2.35. The number of para-hydroxylation sites is 1. The minimum Gasteiger partial charge on any atom is -0.486 e. The van der Waals surface area contributed by atoms with Crippen molar-refractivity contribution in [3.05, 3.63) is 42.0 Å². The van der Waals surface area contributed by atoms with E-state index in [4.69, 9.17) is 9.26 Å². The summed E-state index contributed by atoms with van der Waals surface area (Å²) in [5.74, 6) is 1.59. The summed E-state index contributed by atoms with van der Waals surface area (Å²) in [5, 5.41) is 7.21. The predicted molar refractivity (Wildman–Crippen MR) is 65.0 cm³/mol. The number of hydrogen-bond donors (Lipinski definition) is 1. The molecule has 2 heterocycles. The zero-order chi connectivity index (χ0) is 12.6. The number of ether oxygens (including phenoxy) is 1. The van der Waals surface area contributed by atoms with Crippen LogP contribution in [0.15, 0.2) is 35.2 Å². The number of hydrogen-bond acceptors (Lipinski definition) is 5. The van der Waals surface area contributed by atoms with E-state index >= 15 is 0 Å². The first-order valence-corrected chi connectivity index (χ1v) is 5.93. The molecule has 94 valence electrons. The zero-order valence-corrected chi connectivity index (χ0v) is 10.4. The van der Waals surface area contributed by atoms with E-state index in [2.05, 4.69) is 35.4 Å². The number of benzene rings is 1. The quantitative estimate of drug-likeness (QED) is 0.897. The molecule has 2 aromatic rings. The molecule has 0 radical (unpaired) electrons. The molecule has 1 aliphatic rings. The third kappa shape index (κ3) is 1.86. The van der Waals surface area contributed by atoms with Crippen LogP contribution in [-0.2, 0) is 6.54 Å². The third-order valence-electron chi connectivity index (χ3n) is 3.17. The van der Waals surface area contributed by atoms with Crippen LogP contribution in [0.25, 0.3) is 0 Å². The zero-order valence-electron chi connectivity index (χ0n) is 10.4. The Labute approximate surface area is 105 Å². The molecule has 1 unspecified atom stereocenters. The molecule has 0 fully saturated rings. The third-order valence-corrected chi connectivity index (χ3v) is 3.17. The van der Waals surface area contributed by atoms with Crippen molar-refractivity contribution in [2.75, 3.05) is 0 Å². The first-order valence-electron chi connectivity index (χ1n) is 5.93. The molecule has 5 nitrogen and oxygen atoms in total. The minimum atomic E-state index is -0.284. The molecule has 1 aromatic heterocycles. The summed E-state index contributed by atoms with van der Waals surface area (Å²) >= 11 is 0. The van der Waals surface area contributed by atoms with Gasteiger partial charge >= 0.3 is 0 Å². The van der Waals surface area contributed by atoms with Gasteiger partial charge < -0.3 is 9.26 Å². The van der Waals surface area contributed by atoms with E-state index < -0.39 is 0 Å². The van der Waals surface area contributed by atoms with Crippen LogP contribution in [0.2, 0.25) is 0 Å². The number of nitrogens with zero attached hydrogens (tertiary/aromatic N) is 2. The topological polar surface area (TPSA) is 60.2 Å². The van der Waals surface area contributed by atoms with Crippen molar-refractivity contribution in [3.63, 3.8) is 0 Å². The molecule has 18 heavy (non-hydrogen) atoms. The molecule has 3 rings (SSSR count). The highest BCUT2D eigenvalue weighted by molar-refractivity contribution is 5.42. The minimum absolute atomic E-state index is 0.118. The lowest BCUT2D eigenvalue weighted by molar-refractivity contribution is 0.0954. The normalized spacial score (nSPS) is 20.4. The number of fused-ring (bicyclic) bond motifs is 1. The Balaban J connectivity index is 1.81. The van der Waals surface area contributed by atoms with Gasteiger partial charge in [0.1, 0.15) is 11.4 Å². The van der Waals surface area contributed by atoms with E-state index in [1.54, 1.807) is 0 Å². The molecule has 1 aromatic carbocycles. The summed E-state index contributed by atoms with van der Waals surface area (Å²) in [4.78, 5) is 4.00. The van der Waals surface area contributed by atoms with Crippen molar-refractivity contribution in [1.82, 2.24) is 15.5 Å². The largest absolute Gasteiger partial charge is 0.486 e. The van der Waals surface area contributed by atoms with E-state index in [1.165, 1.54) is 12.0 Å². The second-order valence-corrected chi connectivity index (χ2v) is 4.90.